The second-order valence-corrected chi connectivity index (χ2v) is 20.0. The van der Waals surface area contributed by atoms with Gasteiger partial charge in [0.25, 0.3) is 0 Å². The van der Waals surface area contributed by atoms with Gasteiger partial charge in [0.15, 0.2) is 0 Å². The van der Waals surface area contributed by atoms with E-state index in [0.29, 0.717) is 17.4 Å². The van der Waals surface area contributed by atoms with Gasteiger partial charge in [-0.3, -0.25) is 13.8 Å². The second-order valence-electron chi connectivity index (χ2n) is 18.5. The summed E-state index contributed by atoms with van der Waals surface area (Å²) in [4.78, 5) is 23.2. The maximum Gasteiger partial charge on any atom is 0.472 e. The summed E-state index contributed by atoms with van der Waals surface area (Å²) >= 11 is 0. The average Bonchev–Trinajstić information content (AvgIpc) is 3.20. The lowest BCUT2D eigenvalue weighted by Gasteiger charge is -2.25. The standard InChI is InChI=1S/C51H99N2O6P/c1-6-8-10-12-14-16-18-20-22-23-24-25-26-27-28-29-30-31-32-34-36-38-40-42-44-50(54)49(48-59-60(56,57)58-47-46-53(3,4)5)52-51(55)45-43-41-39-37-35-33-21-19-17-15-13-11-9-7-2/h13,15,19,21,42,44,49-50,54H,6-12,14,16-18,20,22-41,43,45-48H2,1-5H3,(H-,52,55,56,57)/p+1/b15-13-,21-19-,44-42+. The highest BCUT2D eigenvalue weighted by molar-refractivity contribution is 7.47. The quantitative estimate of drug-likeness (QED) is 0.0244. The Hall–Kier alpha value is -1.28. The summed E-state index contributed by atoms with van der Waals surface area (Å²) in [6.45, 7) is 4.78. The fourth-order valence-electron chi connectivity index (χ4n) is 7.29. The van der Waals surface area contributed by atoms with Crippen LogP contribution in [-0.4, -0.2) is 73.4 Å². The summed E-state index contributed by atoms with van der Waals surface area (Å²) in [5.41, 5.74) is 0. The molecule has 0 heterocycles. The molecule has 0 saturated heterocycles. The molecule has 0 spiro atoms. The van der Waals surface area contributed by atoms with Crippen molar-refractivity contribution in [3.05, 3.63) is 36.5 Å². The maximum absolute atomic E-state index is 12.9. The molecule has 354 valence electrons. The molecule has 60 heavy (non-hydrogen) atoms. The normalized spacial score (nSPS) is 14.4. The van der Waals surface area contributed by atoms with E-state index in [2.05, 4.69) is 43.5 Å². The smallest absolute Gasteiger partial charge is 0.387 e. The monoisotopic (exact) mass is 868 g/mol. The van der Waals surface area contributed by atoms with Crippen molar-refractivity contribution in [3.8, 4) is 0 Å². The van der Waals surface area contributed by atoms with Crippen LogP contribution in [0.3, 0.4) is 0 Å². The molecule has 8 nitrogen and oxygen atoms in total. The Balaban J connectivity index is 4.27. The number of phosphoric ester groups is 1. The van der Waals surface area contributed by atoms with Crippen LogP contribution < -0.4 is 5.32 Å². The van der Waals surface area contributed by atoms with Crippen LogP contribution in [0.5, 0.6) is 0 Å². The third-order valence-electron chi connectivity index (χ3n) is 11.4. The van der Waals surface area contributed by atoms with Crippen LogP contribution in [0.2, 0.25) is 0 Å². The number of carbonyl (C=O) groups excluding carboxylic acids is 1. The van der Waals surface area contributed by atoms with E-state index in [0.717, 1.165) is 64.2 Å². The predicted octanol–water partition coefficient (Wildman–Crippen LogP) is 14.6. The Morgan fingerprint density at radius 2 is 0.967 bits per heavy atom. The van der Waals surface area contributed by atoms with Gasteiger partial charge in [0.05, 0.1) is 39.9 Å². The summed E-state index contributed by atoms with van der Waals surface area (Å²) < 4.78 is 23.6. The number of phosphoric acid groups is 1. The fourth-order valence-corrected chi connectivity index (χ4v) is 8.03. The van der Waals surface area contributed by atoms with Crippen molar-refractivity contribution in [2.24, 2.45) is 0 Å². The molecule has 0 fully saturated rings. The zero-order valence-electron chi connectivity index (χ0n) is 40.2. The highest BCUT2D eigenvalue weighted by atomic mass is 31.2. The summed E-state index contributed by atoms with van der Waals surface area (Å²) in [7, 11) is 1.56. The number of aliphatic hydroxyl groups is 1. The molecule has 3 N–H and O–H groups in total. The summed E-state index contributed by atoms with van der Waals surface area (Å²) in [5.74, 6) is -0.190. The van der Waals surface area contributed by atoms with Crippen molar-refractivity contribution < 1.29 is 32.9 Å². The van der Waals surface area contributed by atoms with E-state index < -0.39 is 20.0 Å². The van der Waals surface area contributed by atoms with Gasteiger partial charge in [-0.1, -0.05) is 217 Å². The molecule has 0 aliphatic carbocycles. The molecule has 0 saturated carbocycles. The molecule has 3 atom stereocenters. The van der Waals surface area contributed by atoms with E-state index in [4.69, 9.17) is 9.05 Å². The number of hydrogen-bond acceptors (Lipinski definition) is 5. The van der Waals surface area contributed by atoms with Gasteiger partial charge < -0.3 is 19.8 Å². The Morgan fingerprint density at radius 3 is 1.42 bits per heavy atom. The van der Waals surface area contributed by atoms with E-state index >= 15 is 0 Å². The third-order valence-corrected chi connectivity index (χ3v) is 12.3. The number of quaternary nitrogens is 1. The topological polar surface area (TPSA) is 105 Å². The molecular weight excluding hydrogens is 768 g/mol. The van der Waals surface area contributed by atoms with Crippen molar-refractivity contribution in [1.29, 1.82) is 0 Å². The minimum atomic E-state index is -4.34. The van der Waals surface area contributed by atoms with Crippen molar-refractivity contribution in [2.75, 3.05) is 40.9 Å². The van der Waals surface area contributed by atoms with Gasteiger partial charge in [0.1, 0.15) is 13.2 Å². The van der Waals surface area contributed by atoms with Crippen LogP contribution in [0.25, 0.3) is 0 Å². The van der Waals surface area contributed by atoms with Gasteiger partial charge in [0.2, 0.25) is 5.91 Å². The predicted molar refractivity (Wildman–Crippen MR) is 258 cm³/mol. The van der Waals surface area contributed by atoms with Crippen LogP contribution in [-0.2, 0) is 18.4 Å². The maximum atomic E-state index is 12.9. The van der Waals surface area contributed by atoms with Gasteiger partial charge in [0, 0.05) is 6.42 Å². The number of unbranched alkanes of at least 4 members (excludes halogenated alkanes) is 29. The molecule has 0 rings (SSSR count). The van der Waals surface area contributed by atoms with Crippen LogP contribution >= 0.6 is 7.82 Å². The molecule has 0 aromatic carbocycles. The molecule has 0 aromatic rings. The Labute approximate surface area is 372 Å². The zero-order chi connectivity index (χ0) is 44.3. The first kappa shape index (κ1) is 58.7. The summed E-state index contributed by atoms with van der Waals surface area (Å²) in [6.07, 6.45) is 53.7. The van der Waals surface area contributed by atoms with Gasteiger partial charge >= 0.3 is 7.82 Å². The van der Waals surface area contributed by atoms with E-state index in [9.17, 15) is 19.4 Å². The van der Waals surface area contributed by atoms with E-state index in [-0.39, 0.29) is 19.1 Å². The number of amides is 1. The number of likely N-dealkylation sites (N-methyl/N-ethyl adjacent to an activating group) is 1. The fraction of sp³-hybridized carbons (Fsp3) is 0.863. The lowest BCUT2D eigenvalue weighted by Crippen LogP contribution is -2.45. The molecule has 1 amide bonds. The number of carbonyl (C=O) groups is 1. The highest BCUT2D eigenvalue weighted by Crippen LogP contribution is 2.43. The van der Waals surface area contributed by atoms with Gasteiger partial charge in [-0.2, -0.15) is 0 Å². The molecule has 0 aliphatic rings. The number of rotatable bonds is 46. The molecule has 0 aromatic heterocycles. The molecule has 3 unspecified atom stereocenters. The first-order valence-corrected chi connectivity index (χ1v) is 26.9. The average molecular weight is 868 g/mol. The van der Waals surface area contributed by atoms with Crippen molar-refractivity contribution >= 4 is 13.7 Å². The first-order chi connectivity index (χ1) is 29.0. The van der Waals surface area contributed by atoms with Gasteiger partial charge in [-0.15, -0.1) is 0 Å². The Kier molecular flexibility index (Phi) is 42.1. The van der Waals surface area contributed by atoms with Crippen molar-refractivity contribution in [1.82, 2.24) is 5.32 Å². The van der Waals surface area contributed by atoms with E-state index in [1.165, 1.54) is 148 Å². The number of aliphatic hydroxyl groups excluding tert-OH is 1. The lowest BCUT2D eigenvalue weighted by molar-refractivity contribution is -0.870. The Morgan fingerprint density at radius 1 is 0.567 bits per heavy atom. The minimum Gasteiger partial charge on any atom is -0.387 e. The molecule has 9 heteroatoms. The third kappa shape index (κ3) is 44.8. The first-order valence-electron chi connectivity index (χ1n) is 25.4. The second kappa shape index (κ2) is 43.0. The number of hydrogen-bond donors (Lipinski definition) is 3. The molecular formula is C51H100N2O6P+. The molecule has 0 radical (unpaired) electrons. The molecule has 0 bridgehead atoms. The van der Waals surface area contributed by atoms with E-state index in [1.54, 1.807) is 6.08 Å². The van der Waals surface area contributed by atoms with Gasteiger partial charge in [-0.05, 0) is 44.9 Å². The number of nitrogens with one attached hydrogen (secondary N) is 1. The van der Waals surface area contributed by atoms with Crippen LogP contribution in [0, 0.1) is 0 Å². The summed E-state index contributed by atoms with van der Waals surface area (Å²) in [6, 6.07) is -0.853. The zero-order valence-corrected chi connectivity index (χ0v) is 41.1. The van der Waals surface area contributed by atoms with Crippen LogP contribution in [0.15, 0.2) is 36.5 Å². The number of allylic oxidation sites excluding steroid dienone is 5. The van der Waals surface area contributed by atoms with Crippen LogP contribution in [0.4, 0.5) is 0 Å². The largest absolute Gasteiger partial charge is 0.472 e. The van der Waals surface area contributed by atoms with Crippen molar-refractivity contribution in [2.45, 2.75) is 244 Å². The SMILES string of the molecule is CCCC/C=C\C/C=C\CCCCCCCC(=O)NC(COP(=O)(O)OCC[N+](C)(C)C)C(O)/C=C/CCCCCCCCCCCCCCCCCCCCCCCC. The Bertz CT molecular complexity index is 1070. The lowest BCUT2D eigenvalue weighted by atomic mass is 10.0. The van der Waals surface area contributed by atoms with E-state index in [1.807, 2.05) is 27.2 Å². The molecule has 0 aliphatic heterocycles. The van der Waals surface area contributed by atoms with Crippen molar-refractivity contribution in [3.63, 3.8) is 0 Å². The van der Waals surface area contributed by atoms with Gasteiger partial charge in [-0.25, -0.2) is 4.57 Å². The number of nitrogens with zero attached hydrogens (tertiary/aromatic N) is 1. The minimum absolute atomic E-state index is 0.0586. The summed E-state index contributed by atoms with van der Waals surface area (Å²) in [5, 5.41) is 13.9. The highest BCUT2D eigenvalue weighted by Gasteiger charge is 2.27. The van der Waals surface area contributed by atoms with Crippen LogP contribution in [0.1, 0.15) is 232 Å².